The molecule has 3 aromatic rings. The highest BCUT2D eigenvalue weighted by Crippen LogP contribution is 2.28. The van der Waals surface area contributed by atoms with E-state index in [1.54, 1.807) is 13.1 Å². The Morgan fingerprint density at radius 3 is 2.69 bits per heavy atom. The van der Waals surface area contributed by atoms with Gasteiger partial charge in [0.1, 0.15) is 5.82 Å². The SMILES string of the molecule is CCOC(=O)c1nn(Cc2ccccc2)c2c1CN(C(=O)C1CCCN(c3ccccn3)C1)CC2. The van der Waals surface area contributed by atoms with E-state index in [1.807, 2.05) is 58.1 Å². The molecule has 1 unspecified atom stereocenters. The summed E-state index contributed by atoms with van der Waals surface area (Å²) in [5.41, 5.74) is 3.27. The summed E-state index contributed by atoms with van der Waals surface area (Å²) in [4.78, 5) is 34.9. The summed E-state index contributed by atoms with van der Waals surface area (Å²) in [6.45, 7) is 5.23. The Bertz CT molecular complexity index is 1180. The summed E-state index contributed by atoms with van der Waals surface area (Å²) >= 11 is 0. The number of hydrogen-bond donors (Lipinski definition) is 0. The van der Waals surface area contributed by atoms with Crippen LogP contribution in [0.3, 0.4) is 0 Å². The second kappa shape index (κ2) is 10.3. The monoisotopic (exact) mass is 473 g/mol. The van der Waals surface area contributed by atoms with E-state index >= 15 is 0 Å². The third kappa shape index (κ3) is 4.92. The van der Waals surface area contributed by atoms with Crippen LogP contribution in [0.15, 0.2) is 54.7 Å². The first-order chi connectivity index (χ1) is 17.1. The maximum absolute atomic E-state index is 13.6. The van der Waals surface area contributed by atoms with Crippen molar-refractivity contribution in [1.82, 2.24) is 19.7 Å². The highest BCUT2D eigenvalue weighted by molar-refractivity contribution is 5.90. The lowest BCUT2D eigenvalue weighted by Gasteiger charge is -2.36. The molecule has 0 saturated carbocycles. The lowest BCUT2D eigenvalue weighted by atomic mass is 9.95. The molecule has 1 fully saturated rings. The van der Waals surface area contributed by atoms with E-state index in [0.29, 0.717) is 38.3 Å². The molecule has 2 aliphatic rings. The molecule has 35 heavy (non-hydrogen) atoms. The lowest BCUT2D eigenvalue weighted by Crippen LogP contribution is -2.46. The predicted octanol–water partition coefficient (Wildman–Crippen LogP) is 3.30. The second-order valence-electron chi connectivity index (χ2n) is 9.12. The standard InChI is InChI=1S/C27H31N5O3/c1-2-35-27(34)25-22-19-31(16-13-23(22)32(29-25)17-20-9-4-3-5-10-20)26(33)21-11-8-15-30(18-21)24-12-6-7-14-28-24/h3-7,9-10,12,14,21H,2,8,11,13,15-19H2,1H3. The lowest BCUT2D eigenvalue weighted by molar-refractivity contribution is -0.136. The first-order valence-electron chi connectivity index (χ1n) is 12.4. The van der Waals surface area contributed by atoms with Crippen LogP contribution in [0.1, 0.15) is 47.1 Å². The van der Waals surface area contributed by atoms with Gasteiger partial charge in [0.15, 0.2) is 5.69 Å². The van der Waals surface area contributed by atoms with Crippen molar-refractivity contribution in [3.63, 3.8) is 0 Å². The zero-order valence-corrected chi connectivity index (χ0v) is 20.1. The number of amides is 1. The summed E-state index contributed by atoms with van der Waals surface area (Å²) in [5.74, 6) is 0.543. The largest absolute Gasteiger partial charge is 0.461 e. The number of carbonyl (C=O) groups is 2. The molecule has 5 rings (SSSR count). The number of piperidine rings is 1. The van der Waals surface area contributed by atoms with Crippen LogP contribution in [-0.4, -0.2) is 57.8 Å². The predicted molar refractivity (Wildman–Crippen MR) is 132 cm³/mol. The Morgan fingerprint density at radius 2 is 1.91 bits per heavy atom. The third-order valence-electron chi connectivity index (χ3n) is 6.83. The number of pyridine rings is 1. The van der Waals surface area contributed by atoms with Gasteiger partial charge < -0.3 is 14.5 Å². The van der Waals surface area contributed by atoms with Crippen molar-refractivity contribution in [3.8, 4) is 0 Å². The molecule has 1 aromatic carbocycles. The molecule has 1 saturated heterocycles. The van der Waals surface area contributed by atoms with Gasteiger partial charge in [-0.25, -0.2) is 9.78 Å². The molecule has 2 aromatic heterocycles. The van der Waals surface area contributed by atoms with Crippen LogP contribution in [0.5, 0.6) is 0 Å². The van der Waals surface area contributed by atoms with Crippen LogP contribution in [-0.2, 0) is 29.0 Å². The zero-order valence-electron chi connectivity index (χ0n) is 20.1. The average Bonchev–Trinajstić information content (AvgIpc) is 3.27. The number of ether oxygens (including phenoxy) is 1. The Morgan fingerprint density at radius 1 is 1.09 bits per heavy atom. The molecule has 0 N–H and O–H groups in total. The van der Waals surface area contributed by atoms with E-state index < -0.39 is 5.97 Å². The summed E-state index contributed by atoms with van der Waals surface area (Å²) in [5, 5.41) is 4.65. The van der Waals surface area contributed by atoms with E-state index in [1.165, 1.54) is 0 Å². The molecule has 0 bridgehead atoms. The summed E-state index contributed by atoms with van der Waals surface area (Å²) < 4.78 is 7.21. The van der Waals surface area contributed by atoms with Crippen molar-refractivity contribution in [2.45, 2.75) is 39.3 Å². The second-order valence-corrected chi connectivity index (χ2v) is 9.12. The van der Waals surface area contributed by atoms with Crippen LogP contribution in [0.25, 0.3) is 0 Å². The van der Waals surface area contributed by atoms with Gasteiger partial charge in [-0.15, -0.1) is 0 Å². The third-order valence-corrected chi connectivity index (χ3v) is 6.83. The molecule has 1 amide bonds. The minimum absolute atomic E-state index is 0.0855. The van der Waals surface area contributed by atoms with E-state index in [-0.39, 0.29) is 18.4 Å². The highest BCUT2D eigenvalue weighted by atomic mass is 16.5. The molecule has 182 valence electrons. The van der Waals surface area contributed by atoms with Gasteiger partial charge in [-0.1, -0.05) is 36.4 Å². The van der Waals surface area contributed by atoms with Crippen molar-refractivity contribution in [3.05, 3.63) is 77.2 Å². The van der Waals surface area contributed by atoms with Gasteiger partial charge >= 0.3 is 5.97 Å². The summed E-state index contributed by atoms with van der Waals surface area (Å²) in [7, 11) is 0. The number of rotatable bonds is 6. The molecule has 8 nitrogen and oxygen atoms in total. The van der Waals surface area contributed by atoms with Crippen LogP contribution >= 0.6 is 0 Å². The van der Waals surface area contributed by atoms with Gasteiger partial charge in [0.25, 0.3) is 0 Å². The normalized spacial score (nSPS) is 17.7. The molecular formula is C27H31N5O3. The molecule has 1 atom stereocenters. The topological polar surface area (TPSA) is 80.6 Å². The molecular weight excluding hydrogens is 442 g/mol. The fraction of sp³-hybridized carbons (Fsp3) is 0.407. The van der Waals surface area contributed by atoms with E-state index in [2.05, 4.69) is 15.0 Å². The Labute approximate surface area is 205 Å². The van der Waals surface area contributed by atoms with Crippen molar-refractivity contribution >= 4 is 17.7 Å². The number of anilines is 1. The Kier molecular flexibility index (Phi) is 6.79. The number of aromatic nitrogens is 3. The number of benzene rings is 1. The molecule has 8 heteroatoms. The Balaban J connectivity index is 1.36. The number of nitrogens with zero attached hydrogens (tertiary/aromatic N) is 5. The summed E-state index contributed by atoms with van der Waals surface area (Å²) in [6, 6.07) is 15.9. The average molecular weight is 474 g/mol. The quantitative estimate of drug-likeness (QED) is 0.511. The molecule has 4 heterocycles. The minimum Gasteiger partial charge on any atom is -0.461 e. The van der Waals surface area contributed by atoms with Crippen molar-refractivity contribution in [1.29, 1.82) is 0 Å². The molecule has 0 spiro atoms. The smallest absolute Gasteiger partial charge is 0.359 e. The van der Waals surface area contributed by atoms with Crippen LogP contribution in [0.4, 0.5) is 5.82 Å². The number of hydrogen-bond acceptors (Lipinski definition) is 6. The van der Waals surface area contributed by atoms with Crippen LogP contribution in [0, 0.1) is 5.92 Å². The van der Waals surface area contributed by atoms with E-state index in [0.717, 1.165) is 42.0 Å². The number of carbonyl (C=O) groups excluding carboxylic acids is 2. The molecule has 0 aliphatic carbocycles. The number of esters is 1. The highest BCUT2D eigenvalue weighted by Gasteiger charge is 2.35. The van der Waals surface area contributed by atoms with Crippen molar-refractivity contribution < 1.29 is 14.3 Å². The molecule has 0 radical (unpaired) electrons. The first kappa shape index (κ1) is 23.1. The van der Waals surface area contributed by atoms with Crippen molar-refractivity contribution in [2.75, 3.05) is 31.1 Å². The van der Waals surface area contributed by atoms with E-state index in [4.69, 9.17) is 4.74 Å². The van der Waals surface area contributed by atoms with Gasteiger partial charge in [0.2, 0.25) is 5.91 Å². The summed E-state index contributed by atoms with van der Waals surface area (Å²) in [6.07, 6.45) is 4.27. The van der Waals surface area contributed by atoms with Gasteiger partial charge in [-0.2, -0.15) is 5.10 Å². The van der Waals surface area contributed by atoms with Gasteiger partial charge in [-0.05, 0) is 37.5 Å². The van der Waals surface area contributed by atoms with Gasteiger partial charge in [-0.3, -0.25) is 9.48 Å². The van der Waals surface area contributed by atoms with E-state index in [9.17, 15) is 9.59 Å². The molecule has 2 aliphatic heterocycles. The first-order valence-corrected chi connectivity index (χ1v) is 12.4. The van der Waals surface area contributed by atoms with Gasteiger partial charge in [0.05, 0.1) is 19.1 Å². The maximum atomic E-state index is 13.6. The Hall–Kier alpha value is -3.68. The fourth-order valence-corrected chi connectivity index (χ4v) is 5.12. The fourth-order valence-electron chi connectivity index (χ4n) is 5.12. The van der Waals surface area contributed by atoms with Crippen LogP contribution in [0.2, 0.25) is 0 Å². The zero-order chi connectivity index (χ0) is 24.2. The maximum Gasteiger partial charge on any atom is 0.359 e. The van der Waals surface area contributed by atoms with Gasteiger partial charge in [0, 0.05) is 50.1 Å². The minimum atomic E-state index is -0.427. The van der Waals surface area contributed by atoms with Crippen molar-refractivity contribution in [2.24, 2.45) is 5.92 Å². The van der Waals surface area contributed by atoms with Crippen LogP contribution < -0.4 is 4.90 Å². The number of fused-ring (bicyclic) bond motifs is 1.